The van der Waals surface area contributed by atoms with Gasteiger partial charge in [0.15, 0.2) is 5.17 Å². The summed E-state index contributed by atoms with van der Waals surface area (Å²) in [5.41, 5.74) is 0.453. The molecule has 9 heteroatoms. The predicted molar refractivity (Wildman–Crippen MR) is 107 cm³/mol. The molecule has 0 atom stereocenters. The lowest BCUT2D eigenvalue weighted by Crippen LogP contribution is -2.28. The highest BCUT2D eigenvalue weighted by atomic mass is 35.5. The summed E-state index contributed by atoms with van der Waals surface area (Å²) in [5, 5.41) is 11.7. The van der Waals surface area contributed by atoms with Gasteiger partial charge in [-0.05, 0) is 43.8 Å². The highest BCUT2D eigenvalue weighted by Crippen LogP contribution is 2.35. The molecule has 0 saturated carbocycles. The number of non-ortho nitro benzene ring substituents is 1. The maximum atomic E-state index is 12.5. The third-order valence-corrected chi connectivity index (χ3v) is 5.18. The lowest BCUT2D eigenvalue weighted by molar-refractivity contribution is -0.384. The standard InChI is InChI=1S/C18H16ClN3O4S/c1-3-20-18-21(4-2)17(23)16(27-18)10-12-6-8-15(26-12)13-7-5-11(22(24)25)9-14(13)19/h5-10H,3-4H2,1-2H3/b16-10-,20-18?. The van der Waals surface area contributed by atoms with Gasteiger partial charge in [0, 0.05) is 36.9 Å². The van der Waals surface area contributed by atoms with Gasteiger partial charge in [-0.25, -0.2) is 0 Å². The lowest BCUT2D eigenvalue weighted by Gasteiger charge is -2.11. The van der Waals surface area contributed by atoms with Crippen LogP contribution in [0.2, 0.25) is 5.02 Å². The summed E-state index contributed by atoms with van der Waals surface area (Å²) < 4.78 is 5.77. The van der Waals surface area contributed by atoms with Crippen LogP contribution in [0.25, 0.3) is 17.4 Å². The Morgan fingerprint density at radius 3 is 2.74 bits per heavy atom. The molecule has 0 bridgehead atoms. The van der Waals surface area contributed by atoms with E-state index in [0.29, 0.717) is 40.2 Å². The molecular formula is C18H16ClN3O4S. The van der Waals surface area contributed by atoms with Crippen molar-refractivity contribution in [1.29, 1.82) is 0 Å². The average Bonchev–Trinajstić information content (AvgIpc) is 3.20. The van der Waals surface area contributed by atoms with E-state index < -0.39 is 4.92 Å². The molecule has 2 aromatic rings. The summed E-state index contributed by atoms with van der Waals surface area (Å²) in [6, 6.07) is 7.61. The number of furan rings is 1. The van der Waals surface area contributed by atoms with Crippen molar-refractivity contribution in [2.45, 2.75) is 13.8 Å². The Kier molecular flexibility index (Phi) is 5.67. The van der Waals surface area contributed by atoms with Gasteiger partial charge in [-0.3, -0.25) is 24.8 Å². The number of nitrogens with zero attached hydrogens (tertiary/aromatic N) is 3. The van der Waals surface area contributed by atoms with E-state index >= 15 is 0 Å². The fourth-order valence-corrected chi connectivity index (χ4v) is 3.91. The Bertz CT molecular complexity index is 967. The van der Waals surface area contributed by atoms with E-state index in [4.69, 9.17) is 16.0 Å². The van der Waals surface area contributed by atoms with E-state index in [1.54, 1.807) is 23.1 Å². The number of thioether (sulfide) groups is 1. The number of carbonyl (C=O) groups is 1. The maximum Gasteiger partial charge on any atom is 0.270 e. The maximum absolute atomic E-state index is 12.5. The number of benzene rings is 1. The number of rotatable bonds is 5. The smallest absolute Gasteiger partial charge is 0.270 e. The van der Waals surface area contributed by atoms with Crippen molar-refractivity contribution in [1.82, 2.24) is 4.90 Å². The van der Waals surface area contributed by atoms with Crippen LogP contribution in [0, 0.1) is 10.1 Å². The molecule has 0 spiro atoms. The summed E-state index contributed by atoms with van der Waals surface area (Å²) in [6.07, 6.45) is 1.66. The zero-order valence-corrected chi connectivity index (χ0v) is 16.2. The van der Waals surface area contributed by atoms with Crippen LogP contribution in [-0.4, -0.2) is 34.0 Å². The van der Waals surface area contributed by atoms with Gasteiger partial charge >= 0.3 is 0 Å². The Morgan fingerprint density at radius 2 is 2.11 bits per heavy atom. The predicted octanol–water partition coefficient (Wildman–Crippen LogP) is 4.82. The fraction of sp³-hybridized carbons (Fsp3) is 0.222. The van der Waals surface area contributed by atoms with Crippen LogP contribution in [0.4, 0.5) is 5.69 Å². The van der Waals surface area contributed by atoms with Crippen LogP contribution < -0.4 is 0 Å². The summed E-state index contributed by atoms with van der Waals surface area (Å²) >= 11 is 7.45. The van der Waals surface area contributed by atoms with Gasteiger partial charge in [-0.2, -0.15) is 0 Å². The third kappa shape index (κ3) is 3.91. The molecule has 1 amide bonds. The largest absolute Gasteiger partial charge is 0.457 e. The second-order valence-corrected chi connectivity index (χ2v) is 6.96. The number of nitro benzene ring substituents is 1. The van der Waals surface area contributed by atoms with Gasteiger partial charge < -0.3 is 4.42 Å². The zero-order valence-electron chi connectivity index (χ0n) is 14.6. The molecule has 0 N–H and O–H groups in total. The molecule has 0 radical (unpaired) electrons. The topological polar surface area (TPSA) is 89.0 Å². The van der Waals surface area contributed by atoms with Gasteiger partial charge in [-0.1, -0.05) is 11.6 Å². The molecule has 1 aliphatic heterocycles. The summed E-state index contributed by atoms with van der Waals surface area (Å²) in [6.45, 7) is 4.96. The van der Waals surface area contributed by atoms with Crippen LogP contribution in [0.3, 0.4) is 0 Å². The van der Waals surface area contributed by atoms with Crippen LogP contribution in [0.1, 0.15) is 19.6 Å². The molecule has 27 heavy (non-hydrogen) atoms. The zero-order chi connectivity index (χ0) is 19.6. The number of amidine groups is 1. The van der Waals surface area contributed by atoms with E-state index in [2.05, 4.69) is 4.99 Å². The highest BCUT2D eigenvalue weighted by molar-refractivity contribution is 8.18. The molecule has 2 heterocycles. The van der Waals surface area contributed by atoms with E-state index in [9.17, 15) is 14.9 Å². The number of amides is 1. The molecule has 1 aromatic carbocycles. The number of carbonyl (C=O) groups excluding carboxylic acids is 1. The molecule has 0 unspecified atom stereocenters. The summed E-state index contributed by atoms with van der Waals surface area (Å²) in [7, 11) is 0. The number of nitro groups is 1. The Morgan fingerprint density at radius 1 is 1.33 bits per heavy atom. The molecule has 140 valence electrons. The van der Waals surface area contributed by atoms with Crippen molar-refractivity contribution in [2.24, 2.45) is 4.99 Å². The Labute approximate surface area is 164 Å². The minimum atomic E-state index is -0.508. The molecule has 1 aromatic heterocycles. The first-order valence-electron chi connectivity index (χ1n) is 8.24. The highest BCUT2D eigenvalue weighted by Gasteiger charge is 2.32. The molecule has 1 saturated heterocycles. The van der Waals surface area contributed by atoms with Crippen molar-refractivity contribution in [2.75, 3.05) is 13.1 Å². The van der Waals surface area contributed by atoms with Crippen molar-refractivity contribution in [3.8, 4) is 11.3 Å². The number of hydrogen-bond acceptors (Lipinski definition) is 6. The first-order valence-corrected chi connectivity index (χ1v) is 9.44. The van der Waals surface area contributed by atoms with Crippen LogP contribution >= 0.6 is 23.4 Å². The van der Waals surface area contributed by atoms with E-state index in [-0.39, 0.29) is 16.6 Å². The Balaban J connectivity index is 1.89. The first-order chi connectivity index (χ1) is 12.9. The third-order valence-electron chi connectivity index (χ3n) is 3.83. The van der Waals surface area contributed by atoms with E-state index in [0.717, 1.165) is 0 Å². The van der Waals surface area contributed by atoms with Gasteiger partial charge in [0.25, 0.3) is 11.6 Å². The second kappa shape index (κ2) is 7.98. The number of aliphatic imine (C=N–C) groups is 1. The first kappa shape index (κ1) is 19.2. The number of likely N-dealkylation sites (N-methyl/N-ethyl adjacent to an activating group) is 1. The molecule has 3 rings (SSSR count). The van der Waals surface area contributed by atoms with E-state index in [1.807, 2.05) is 13.8 Å². The summed E-state index contributed by atoms with van der Waals surface area (Å²) in [4.78, 5) is 29.3. The van der Waals surface area contributed by atoms with Crippen LogP contribution in [0.15, 0.2) is 44.6 Å². The Hall–Kier alpha value is -2.58. The lowest BCUT2D eigenvalue weighted by atomic mass is 10.1. The number of hydrogen-bond donors (Lipinski definition) is 0. The van der Waals surface area contributed by atoms with Crippen molar-refractivity contribution in [3.05, 3.63) is 56.1 Å². The average molecular weight is 406 g/mol. The minimum Gasteiger partial charge on any atom is -0.457 e. The van der Waals surface area contributed by atoms with Crippen molar-refractivity contribution in [3.63, 3.8) is 0 Å². The molecule has 1 aliphatic rings. The molecule has 7 nitrogen and oxygen atoms in total. The van der Waals surface area contributed by atoms with Gasteiger partial charge in [0.05, 0.1) is 14.9 Å². The number of halogens is 1. The van der Waals surface area contributed by atoms with Crippen molar-refractivity contribution >= 4 is 46.2 Å². The quantitative estimate of drug-likeness (QED) is 0.404. The second-order valence-electron chi connectivity index (χ2n) is 5.54. The van der Waals surface area contributed by atoms with E-state index in [1.165, 1.54) is 30.0 Å². The molecular weight excluding hydrogens is 390 g/mol. The van der Waals surface area contributed by atoms with Gasteiger partial charge in [-0.15, -0.1) is 0 Å². The normalized spacial score (nSPS) is 17.3. The van der Waals surface area contributed by atoms with Gasteiger partial charge in [0.2, 0.25) is 0 Å². The van der Waals surface area contributed by atoms with Crippen LogP contribution in [0.5, 0.6) is 0 Å². The summed E-state index contributed by atoms with van der Waals surface area (Å²) in [5.74, 6) is 0.845. The molecule has 0 aliphatic carbocycles. The minimum absolute atomic E-state index is 0.0898. The van der Waals surface area contributed by atoms with Crippen molar-refractivity contribution < 1.29 is 14.1 Å². The van der Waals surface area contributed by atoms with Crippen LogP contribution in [-0.2, 0) is 4.79 Å². The monoisotopic (exact) mass is 405 g/mol. The van der Waals surface area contributed by atoms with Gasteiger partial charge in [0.1, 0.15) is 11.5 Å². The fourth-order valence-electron chi connectivity index (χ4n) is 2.56. The SMILES string of the molecule is CCN=C1S/C(=C\c2ccc(-c3ccc([N+](=O)[O-])cc3Cl)o2)C(=O)N1CC. The molecule has 1 fully saturated rings.